The molecule has 13 heavy (non-hydrogen) atoms. The van der Waals surface area contributed by atoms with Crippen molar-refractivity contribution in [3.8, 4) is 5.75 Å². The van der Waals surface area contributed by atoms with Crippen LogP contribution < -0.4 is 4.74 Å². The number of rotatable bonds is 1. The summed E-state index contributed by atoms with van der Waals surface area (Å²) in [6.07, 6.45) is 6.56. The van der Waals surface area contributed by atoms with Gasteiger partial charge in [-0.1, -0.05) is 28.1 Å². The predicted molar refractivity (Wildman–Crippen MR) is 58.0 cm³/mol. The van der Waals surface area contributed by atoms with E-state index >= 15 is 0 Å². The van der Waals surface area contributed by atoms with Gasteiger partial charge < -0.3 is 4.74 Å². The second-order valence-electron chi connectivity index (χ2n) is 3.08. The molecule has 0 spiro atoms. The molecule has 0 atom stereocenters. The lowest BCUT2D eigenvalue weighted by atomic mass is 9.97. The fraction of sp³-hybridized carbons (Fsp3) is 0.273. The highest BCUT2D eigenvalue weighted by Gasteiger charge is 2.12. The Kier molecular flexibility index (Phi) is 2.40. The lowest BCUT2D eigenvalue weighted by Crippen LogP contribution is -1.98. The first-order valence-electron chi connectivity index (χ1n) is 4.35. The lowest BCUT2D eigenvalue weighted by molar-refractivity contribution is 0.413. The number of ether oxygens (including phenoxy) is 1. The molecule has 2 heteroatoms. The van der Waals surface area contributed by atoms with Gasteiger partial charge in [-0.15, -0.1) is 0 Å². The van der Waals surface area contributed by atoms with Crippen molar-refractivity contribution in [2.24, 2.45) is 0 Å². The van der Waals surface area contributed by atoms with Crippen molar-refractivity contribution in [2.75, 3.05) is 7.11 Å². The molecule has 68 valence electrons. The van der Waals surface area contributed by atoms with Gasteiger partial charge in [0, 0.05) is 10.0 Å². The van der Waals surface area contributed by atoms with E-state index < -0.39 is 0 Å². The van der Waals surface area contributed by atoms with Crippen LogP contribution in [0, 0.1) is 0 Å². The Morgan fingerprint density at radius 2 is 2.23 bits per heavy atom. The van der Waals surface area contributed by atoms with E-state index in [-0.39, 0.29) is 0 Å². The molecule has 2 rings (SSSR count). The molecule has 0 fully saturated rings. The standard InChI is InChI=1S/C11H11BrO/c1-13-11-7-6-10(12)8-4-2-3-5-9(8)11/h3,5-7H,2,4H2,1H3. The Morgan fingerprint density at radius 3 is 3.00 bits per heavy atom. The molecule has 0 aliphatic heterocycles. The molecule has 0 amide bonds. The summed E-state index contributed by atoms with van der Waals surface area (Å²) in [5.41, 5.74) is 2.59. The van der Waals surface area contributed by atoms with Crippen molar-refractivity contribution in [3.05, 3.63) is 33.8 Å². The molecule has 0 bridgehead atoms. The van der Waals surface area contributed by atoms with Crippen LogP contribution in [-0.4, -0.2) is 7.11 Å². The topological polar surface area (TPSA) is 9.23 Å². The van der Waals surface area contributed by atoms with Crippen LogP contribution in [0.25, 0.3) is 6.08 Å². The summed E-state index contributed by atoms with van der Waals surface area (Å²) in [6.45, 7) is 0. The zero-order valence-corrected chi connectivity index (χ0v) is 9.10. The highest BCUT2D eigenvalue weighted by molar-refractivity contribution is 9.10. The molecule has 0 N–H and O–H groups in total. The number of benzene rings is 1. The van der Waals surface area contributed by atoms with Gasteiger partial charge in [0.2, 0.25) is 0 Å². The summed E-state index contributed by atoms with van der Waals surface area (Å²) >= 11 is 3.56. The molecule has 0 heterocycles. The van der Waals surface area contributed by atoms with Crippen molar-refractivity contribution in [3.63, 3.8) is 0 Å². The molecule has 1 nitrogen and oxygen atoms in total. The Balaban J connectivity index is 2.61. The number of fused-ring (bicyclic) bond motifs is 1. The van der Waals surface area contributed by atoms with E-state index in [2.05, 4.69) is 34.1 Å². The summed E-state index contributed by atoms with van der Waals surface area (Å²) in [7, 11) is 1.71. The number of methoxy groups -OCH3 is 1. The van der Waals surface area contributed by atoms with Crippen LogP contribution in [0.15, 0.2) is 22.7 Å². The van der Waals surface area contributed by atoms with Crippen molar-refractivity contribution < 1.29 is 4.74 Å². The number of allylic oxidation sites excluding steroid dienone is 1. The summed E-state index contributed by atoms with van der Waals surface area (Å²) in [4.78, 5) is 0. The first-order chi connectivity index (χ1) is 6.33. The molecule has 0 radical (unpaired) electrons. The van der Waals surface area contributed by atoms with Crippen molar-refractivity contribution in [2.45, 2.75) is 12.8 Å². The van der Waals surface area contributed by atoms with Crippen LogP contribution in [0.5, 0.6) is 5.75 Å². The van der Waals surface area contributed by atoms with Gasteiger partial charge in [0.1, 0.15) is 5.75 Å². The van der Waals surface area contributed by atoms with Gasteiger partial charge in [0.15, 0.2) is 0 Å². The third-order valence-electron chi connectivity index (χ3n) is 2.33. The average Bonchev–Trinajstić information content (AvgIpc) is 2.19. The summed E-state index contributed by atoms with van der Waals surface area (Å²) in [5.74, 6) is 0.967. The minimum absolute atomic E-state index is 0.967. The summed E-state index contributed by atoms with van der Waals surface area (Å²) < 4.78 is 6.48. The van der Waals surface area contributed by atoms with Crippen LogP contribution >= 0.6 is 15.9 Å². The van der Waals surface area contributed by atoms with Crippen LogP contribution in [0.3, 0.4) is 0 Å². The second-order valence-corrected chi connectivity index (χ2v) is 3.94. The third-order valence-corrected chi connectivity index (χ3v) is 3.07. The molecule has 0 saturated carbocycles. The maximum atomic E-state index is 5.30. The summed E-state index contributed by atoms with van der Waals surface area (Å²) in [6, 6.07) is 4.05. The smallest absolute Gasteiger partial charge is 0.126 e. The molecule has 1 aromatic carbocycles. The number of hydrogen-bond acceptors (Lipinski definition) is 1. The average molecular weight is 239 g/mol. The van der Waals surface area contributed by atoms with Gasteiger partial charge >= 0.3 is 0 Å². The second kappa shape index (κ2) is 3.54. The van der Waals surface area contributed by atoms with Gasteiger partial charge in [0.05, 0.1) is 7.11 Å². The fourth-order valence-electron chi connectivity index (χ4n) is 1.66. The van der Waals surface area contributed by atoms with E-state index in [1.807, 2.05) is 6.07 Å². The van der Waals surface area contributed by atoms with Crippen LogP contribution in [0.1, 0.15) is 17.5 Å². The molecular weight excluding hydrogens is 228 g/mol. The van der Waals surface area contributed by atoms with Gasteiger partial charge in [-0.3, -0.25) is 0 Å². The zero-order valence-electron chi connectivity index (χ0n) is 7.51. The highest BCUT2D eigenvalue weighted by atomic mass is 79.9. The lowest BCUT2D eigenvalue weighted by Gasteiger charge is -2.15. The Labute approximate surface area is 86.5 Å². The first kappa shape index (κ1) is 8.82. The normalized spacial score (nSPS) is 14.0. The highest BCUT2D eigenvalue weighted by Crippen LogP contribution is 2.33. The first-order valence-corrected chi connectivity index (χ1v) is 5.14. The largest absolute Gasteiger partial charge is 0.496 e. The van der Waals surface area contributed by atoms with Crippen LogP contribution in [0.4, 0.5) is 0 Å². The van der Waals surface area contributed by atoms with Gasteiger partial charge in [0.25, 0.3) is 0 Å². The van der Waals surface area contributed by atoms with Gasteiger partial charge in [-0.05, 0) is 30.5 Å². The minimum atomic E-state index is 0.967. The van der Waals surface area contributed by atoms with Crippen molar-refractivity contribution in [1.82, 2.24) is 0 Å². The van der Waals surface area contributed by atoms with Crippen molar-refractivity contribution >= 4 is 22.0 Å². The van der Waals surface area contributed by atoms with E-state index in [1.165, 1.54) is 15.6 Å². The number of halogens is 1. The van der Waals surface area contributed by atoms with E-state index in [4.69, 9.17) is 4.74 Å². The molecule has 1 aromatic rings. The maximum absolute atomic E-state index is 5.30. The van der Waals surface area contributed by atoms with Gasteiger partial charge in [-0.2, -0.15) is 0 Å². The van der Waals surface area contributed by atoms with Gasteiger partial charge in [-0.25, -0.2) is 0 Å². The Bertz CT molecular complexity index is 355. The maximum Gasteiger partial charge on any atom is 0.126 e. The Hall–Kier alpha value is -0.760. The molecule has 1 aliphatic rings. The molecular formula is C11H11BrO. The van der Waals surface area contributed by atoms with E-state index in [0.29, 0.717) is 0 Å². The Morgan fingerprint density at radius 1 is 1.38 bits per heavy atom. The van der Waals surface area contributed by atoms with Crippen molar-refractivity contribution in [1.29, 1.82) is 0 Å². The van der Waals surface area contributed by atoms with E-state index in [0.717, 1.165) is 18.6 Å². The summed E-state index contributed by atoms with van der Waals surface area (Å²) in [5, 5.41) is 0. The molecule has 0 aromatic heterocycles. The van der Waals surface area contributed by atoms with Crippen LogP contribution in [0.2, 0.25) is 0 Å². The zero-order chi connectivity index (χ0) is 9.26. The fourth-order valence-corrected chi connectivity index (χ4v) is 2.20. The van der Waals surface area contributed by atoms with E-state index in [9.17, 15) is 0 Å². The number of hydrogen-bond donors (Lipinski definition) is 0. The van der Waals surface area contributed by atoms with Crippen LogP contribution in [-0.2, 0) is 6.42 Å². The minimum Gasteiger partial charge on any atom is -0.496 e. The molecule has 0 unspecified atom stereocenters. The quantitative estimate of drug-likeness (QED) is 0.729. The molecule has 0 saturated heterocycles. The third kappa shape index (κ3) is 1.51. The monoisotopic (exact) mass is 238 g/mol. The van der Waals surface area contributed by atoms with E-state index in [1.54, 1.807) is 7.11 Å². The SMILES string of the molecule is COc1ccc(Br)c2c1C=CCC2. The molecule has 1 aliphatic carbocycles. The predicted octanol–water partition coefficient (Wildman–Crippen LogP) is 3.42.